The van der Waals surface area contributed by atoms with Gasteiger partial charge in [0, 0.05) is 55.5 Å². The van der Waals surface area contributed by atoms with E-state index in [4.69, 9.17) is 16.9 Å². The van der Waals surface area contributed by atoms with Crippen LogP contribution in [0.4, 0.5) is 18.9 Å². The number of nitrogens with zero attached hydrogens (tertiary/aromatic N) is 8. The van der Waals surface area contributed by atoms with Crippen LogP contribution in [0.5, 0.6) is 0 Å². The second kappa shape index (κ2) is 14.8. The van der Waals surface area contributed by atoms with Crippen molar-refractivity contribution in [2.75, 3.05) is 57.9 Å². The highest BCUT2D eigenvalue weighted by Gasteiger charge is 2.45. The van der Waals surface area contributed by atoms with Crippen LogP contribution in [0.15, 0.2) is 68.5 Å². The Kier molecular flexibility index (Phi) is 10.6. The third kappa shape index (κ3) is 8.99. The van der Waals surface area contributed by atoms with Gasteiger partial charge in [0.05, 0.1) is 5.54 Å². The van der Waals surface area contributed by atoms with Crippen molar-refractivity contribution in [3.05, 3.63) is 64.7 Å². The average molecular weight is 671 g/mol. The molecule has 2 heterocycles. The predicted octanol–water partition coefficient (Wildman–Crippen LogP) is 4.28. The highest BCUT2D eigenvalue weighted by molar-refractivity contribution is 6.30. The summed E-state index contributed by atoms with van der Waals surface area (Å²) in [6.45, 7) is 5.42. The maximum absolute atomic E-state index is 13.2. The van der Waals surface area contributed by atoms with Crippen LogP contribution in [0.2, 0.25) is 5.02 Å². The normalized spacial score (nSPS) is 18.3. The first-order valence-electron chi connectivity index (χ1n) is 15.0. The van der Waals surface area contributed by atoms with Crippen molar-refractivity contribution >= 4 is 47.8 Å². The standard InChI is InChI=1S/C31H34ClF3N10O2/c1-37-27(41-28(39-21-47-19-31(33,34)35)42-30(11-12-30)23-5-7-24(32)8-6-23)40-25-9-3-22(4-10-25)26(46)43-15-17-45(18-16-43)29(38-20-36)44-13-2-14-44/h3-10H,1-2,11-19,21H2,(H2,39,40,41,42). The molecule has 1 aliphatic carbocycles. The Hall–Kier alpha value is -4.68. The zero-order valence-corrected chi connectivity index (χ0v) is 26.3. The molecule has 248 valence electrons. The molecule has 3 fully saturated rings. The lowest BCUT2D eigenvalue weighted by Crippen LogP contribution is -2.57. The van der Waals surface area contributed by atoms with Crippen LogP contribution in [0.1, 0.15) is 35.2 Å². The Balaban J connectivity index is 1.23. The maximum Gasteiger partial charge on any atom is 0.411 e. The second-order valence-electron chi connectivity index (χ2n) is 11.2. The number of piperazine rings is 1. The molecule has 2 aromatic carbocycles. The summed E-state index contributed by atoms with van der Waals surface area (Å²) in [5.74, 6) is 0.594. The molecule has 2 N–H and O–H groups in total. The number of hydrogen-bond acceptors (Lipinski definition) is 5. The van der Waals surface area contributed by atoms with E-state index in [-0.39, 0.29) is 17.8 Å². The van der Waals surface area contributed by atoms with Gasteiger partial charge in [0.1, 0.15) is 13.3 Å². The number of rotatable bonds is 7. The number of guanidine groups is 3. The molecule has 47 heavy (non-hydrogen) atoms. The molecule has 0 bridgehead atoms. The summed E-state index contributed by atoms with van der Waals surface area (Å²) < 4.78 is 42.5. The van der Waals surface area contributed by atoms with E-state index in [9.17, 15) is 18.0 Å². The second-order valence-corrected chi connectivity index (χ2v) is 11.7. The molecule has 2 saturated heterocycles. The number of alkyl halides is 3. The molecule has 5 rings (SSSR count). The first kappa shape index (κ1) is 33.7. The minimum atomic E-state index is -4.49. The fourth-order valence-corrected chi connectivity index (χ4v) is 5.31. The molecule has 2 aromatic rings. The molecule has 0 radical (unpaired) electrons. The molecule has 1 amide bonds. The minimum Gasteiger partial charge on any atom is -0.350 e. The number of aliphatic imine (C=N–C) groups is 4. The van der Waals surface area contributed by atoms with Crippen LogP contribution in [-0.4, -0.2) is 104 Å². The van der Waals surface area contributed by atoms with Gasteiger partial charge >= 0.3 is 6.18 Å². The lowest BCUT2D eigenvalue weighted by atomic mass is 10.1. The summed E-state index contributed by atoms with van der Waals surface area (Å²) in [5, 5.41) is 15.9. The van der Waals surface area contributed by atoms with E-state index >= 15 is 0 Å². The van der Waals surface area contributed by atoms with Gasteiger partial charge in [-0.3, -0.25) is 4.79 Å². The van der Waals surface area contributed by atoms with Gasteiger partial charge in [0.2, 0.25) is 24.1 Å². The number of carbonyl (C=O) groups excluding carboxylic acids is 1. The highest BCUT2D eigenvalue weighted by Crippen LogP contribution is 2.45. The van der Waals surface area contributed by atoms with Gasteiger partial charge in [-0.2, -0.15) is 23.4 Å². The molecule has 16 heteroatoms. The highest BCUT2D eigenvalue weighted by atomic mass is 35.5. The molecule has 0 spiro atoms. The van der Waals surface area contributed by atoms with Crippen LogP contribution in [-0.2, 0) is 10.3 Å². The zero-order chi connectivity index (χ0) is 33.4. The van der Waals surface area contributed by atoms with Crippen LogP contribution >= 0.6 is 11.6 Å². The fraction of sp³-hybridized carbons (Fsp3) is 0.419. The molecule has 12 nitrogen and oxygen atoms in total. The van der Waals surface area contributed by atoms with E-state index in [0.29, 0.717) is 48.4 Å². The Labute approximate surface area is 275 Å². The van der Waals surface area contributed by atoms with Crippen LogP contribution in [0.3, 0.4) is 0 Å². The van der Waals surface area contributed by atoms with Gasteiger partial charge in [-0.05, 0) is 67.9 Å². The molecule has 0 unspecified atom stereocenters. The van der Waals surface area contributed by atoms with Gasteiger partial charge in [-0.1, -0.05) is 23.7 Å². The molecule has 1 saturated carbocycles. The number of ether oxygens (including phenoxy) is 1. The molecular weight excluding hydrogens is 637 g/mol. The van der Waals surface area contributed by atoms with Crippen molar-refractivity contribution in [3.8, 4) is 6.19 Å². The summed E-state index contributed by atoms with van der Waals surface area (Å²) in [6.07, 6.45) is -0.0452. The third-order valence-corrected chi connectivity index (χ3v) is 8.21. The zero-order valence-electron chi connectivity index (χ0n) is 25.5. The van der Waals surface area contributed by atoms with Gasteiger partial charge < -0.3 is 30.1 Å². The van der Waals surface area contributed by atoms with Crippen molar-refractivity contribution in [2.24, 2.45) is 20.0 Å². The Morgan fingerprint density at radius 1 is 0.979 bits per heavy atom. The van der Waals surface area contributed by atoms with Gasteiger partial charge in [0.25, 0.3) is 5.91 Å². The van der Waals surface area contributed by atoms with E-state index in [2.05, 4.69) is 47.0 Å². The van der Waals surface area contributed by atoms with Crippen LogP contribution in [0, 0.1) is 11.5 Å². The Bertz CT molecular complexity index is 1560. The number of nitrogens with one attached hydrogen (secondary N) is 2. The Morgan fingerprint density at radius 2 is 1.62 bits per heavy atom. The number of anilines is 1. The minimum absolute atomic E-state index is 0.0116. The number of hydrogen-bond donors (Lipinski definition) is 2. The van der Waals surface area contributed by atoms with E-state index in [1.165, 1.54) is 0 Å². The average Bonchev–Trinajstić information content (AvgIpc) is 3.82. The van der Waals surface area contributed by atoms with Gasteiger partial charge in [-0.25, -0.2) is 9.98 Å². The SMILES string of the molecule is C=N/C(=N\C(=N/COCC(F)(F)F)NC1(c2ccc(Cl)cc2)CC1)Nc1ccc(C(=O)N2CCN(C(=NC#N)N3CCC3)CC2)cc1. The van der Waals surface area contributed by atoms with Crippen molar-refractivity contribution in [1.29, 1.82) is 5.26 Å². The first-order chi connectivity index (χ1) is 22.6. The smallest absolute Gasteiger partial charge is 0.350 e. The fourth-order valence-electron chi connectivity index (χ4n) is 5.19. The monoisotopic (exact) mass is 670 g/mol. The lowest BCUT2D eigenvalue weighted by molar-refractivity contribution is -0.173. The molecule has 3 aliphatic rings. The van der Waals surface area contributed by atoms with Crippen molar-refractivity contribution in [2.45, 2.75) is 31.0 Å². The molecule has 0 atom stereocenters. The van der Waals surface area contributed by atoms with E-state index in [1.54, 1.807) is 41.3 Å². The molecular formula is C31H34ClF3N10O2. The summed E-state index contributed by atoms with van der Waals surface area (Å²) in [6, 6.07) is 14.0. The number of halogens is 4. The third-order valence-electron chi connectivity index (χ3n) is 7.96. The number of nitriles is 1. The number of amides is 1. The van der Waals surface area contributed by atoms with Crippen molar-refractivity contribution in [3.63, 3.8) is 0 Å². The van der Waals surface area contributed by atoms with E-state index in [0.717, 1.165) is 37.9 Å². The van der Waals surface area contributed by atoms with Crippen LogP contribution < -0.4 is 10.6 Å². The first-order valence-corrected chi connectivity index (χ1v) is 15.4. The summed E-state index contributed by atoms with van der Waals surface area (Å²) in [7, 11) is 0. The number of benzene rings is 2. The lowest BCUT2D eigenvalue weighted by Gasteiger charge is -2.42. The van der Waals surface area contributed by atoms with Gasteiger partial charge in [-0.15, -0.1) is 4.99 Å². The number of carbonyl (C=O) groups is 1. The summed E-state index contributed by atoms with van der Waals surface area (Å²) in [4.78, 5) is 35.5. The van der Waals surface area contributed by atoms with E-state index < -0.39 is 25.1 Å². The largest absolute Gasteiger partial charge is 0.411 e. The summed E-state index contributed by atoms with van der Waals surface area (Å²) >= 11 is 6.04. The number of likely N-dealkylation sites (tertiary alicyclic amines) is 1. The maximum atomic E-state index is 13.2. The predicted molar refractivity (Wildman–Crippen MR) is 174 cm³/mol. The van der Waals surface area contributed by atoms with Gasteiger partial charge in [0.15, 0.2) is 0 Å². The van der Waals surface area contributed by atoms with Crippen molar-refractivity contribution in [1.82, 2.24) is 20.0 Å². The topological polar surface area (TPSA) is 133 Å². The van der Waals surface area contributed by atoms with E-state index in [1.807, 2.05) is 23.2 Å². The molecule has 0 aromatic heterocycles. The van der Waals surface area contributed by atoms with Crippen LogP contribution in [0.25, 0.3) is 0 Å². The van der Waals surface area contributed by atoms with Crippen molar-refractivity contribution < 1.29 is 22.7 Å². The summed E-state index contributed by atoms with van der Waals surface area (Å²) in [5.41, 5.74) is 1.45. The Morgan fingerprint density at radius 3 is 2.17 bits per heavy atom. The quantitative estimate of drug-likeness (QED) is 0.195. The molecule has 2 aliphatic heterocycles.